The summed E-state index contributed by atoms with van der Waals surface area (Å²) in [5, 5.41) is 4.83. The van der Waals surface area contributed by atoms with E-state index in [1.165, 1.54) is 7.11 Å². The van der Waals surface area contributed by atoms with E-state index in [-0.39, 0.29) is 13.1 Å². The van der Waals surface area contributed by atoms with Crippen molar-refractivity contribution in [2.75, 3.05) is 25.5 Å². The first-order valence-electron chi connectivity index (χ1n) is 5.11. The SMILES string of the molecule is COc1ccccc1NC(=O)C(=O)NCCN. The monoisotopic (exact) mass is 237 g/mol. The van der Waals surface area contributed by atoms with Crippen LogP contribution < -0.4 is 21.1 Å². The smallest absolute Gasteiger partial charge is 0.313 e. The fraction of sp³-hybridized carbons (Fsp3) is 0.273. The van der Waals surface area contributed by atoms with Crippen LogP contribution in [0.3, 0.4) is 0 Å². The van der Waals surface area contributed by atoms with E-state index in [0.717, 1.165) is 0 Å². The lowest BCUT2D eigenvalue weighted by molar-refractivity contribution is -0.136. The summed E-state index contributed by atoms with van der Waals surface area (Å²) in [7, 11) is 1.49. The summed E-state index contributed by atoms with van der Waals surface area (Å²) in [4.78, 5) is 22.8. The summed E-state index contributed by atoms with van der Waals surface area (Å²) in [5.41, 5.74) is 5.66. The van der Waals surface area contributed by atoms with Gasteiger partial charge in [-0.3, -0.25) is 9.59 Å². The predicted molar refractivity (Wildman–Crippen MR) is 63.7 cm³/mol. The highest BCUT2D eigenvalue weighted by molar-refractivity contribution is 6.39. The number of anilines is 1. The Morgan fingerprint density at radius 1 is 1.29 bits per heavy atom. The molecule has 0 aliphatic heterocycles. The minimum absolute atomic E-state index is 0.262. The van der Waals surface area contributed by atoms with E-state index in [4.69, 9.17) is 10.5 Å². The lowest BCUT2D eigenvalue weighted by atomic mass is 10.3. The fourth-order valence-corrected chi connectivity index (χ4v) is 1.19. The van der Waals surface area contributed by atoms with Crippen molar-refractivity contribution in [2.24, 2.45) is 5.73 Å². The van der Waals surface area contributed by atoms with Crippen LogP contribution in [0.25, 0.3) is 0 Å². The lowest BCUT2D eigenvalue weighted by Crippen LogP contribution is -2.38. The lowest BCUT2D eigenvalue weighted by Gasteiger charge is -2.09. The summed E-state index contributed by atoms with van der Waals surface area (Å²) >= 11 is 0. The molecule has 0 atom stereocenters. The largest absolute Gasteiger partial charge is 0.495 e. The third kappa shape index (κ3) is 3.76. The molecule has 0 bridgehead atoms. The Balaban J connectivity index is 2.64. The number of amides is 2. The molecule has 0 spiro atoms. The van der Waals surface area contributed by atoms with Crippen LogP contribution in [0.1, 0.15) is 0 Å². The van der Waals surface area contributed by atoms with Crippen molar-refractivity contribution in [1.82, 2.24) is 5.32 Å². The van der Waals surface area contributed by atoms with Crippen LogP contribution in [-0.4, -0.2) is 32.0 Å². The summed E-state index contributed by atoms with van der Waals surface area (Å²) in [5.74, 6) is -0.975. The van der Waals surface area contributed by atoms with Crippen molar-refractivity contribution in [3.05, 3.63) is 24.3 Å². The molecule has 0 aliphatic rings. The normalized spacial score (nSPS) is 9.53. The van der Waals surface area contributed by atoms with E-state index >= 15 is 0 Å². The number of hydrogen-bond acceptors (Lipinski definition) is 4. The van der Waals surface area contributed by atoms with Gasteiger partial charge in [-0.1, -0.05) is 12.1 Å². The number of carbonyl (C=O) groups excluding carboxylic acids is 2. The summed E-state index contributed by atoms with van der Waals surface area (Å²) in [6, 6.07) is 6.83. The molecule has 6 heteroatoms. The average Bonchev–Trinajstić information content (AvgIpc) is 2.36. The molecule has 4 N–H and O–H groups in total. The number of para-hydroxylation sites is 2. The first-order chi connectivity index (χ1) is 8.19. The minimum atomic E-state index is -0.747. The van der Waals surface area contributed by atoms with E-state index in [9.17, 15) is 9.59 Å². The van der Waals surface area contributed by atoms with Gasteiger partial charge in [0.05, 0.1) is 12.8 Å². The van der Waals surface area contributed by atoms with Crippen LogP contribution in [0.4, 0.5) is 5.69 Å². The van der Waals surface area contributed by atoms with Crippen LogP contribution in [0.5, 0.6) is 5.75 Å². The number of hydrogen-bond donors (Lipinski definition) is 3. The number of nitrogens with two attached hydrogens (primary N) is 1. The van der Waals surface area contributed by atoms with Crippen molar-refractivity contribution in [2.45, 2.75) is 0 Å². The quantitative estimate of drug-likeness (QED) is 0.627. The summed E-state index contributed by atoms with van der Waals surface area (Å²) < 4.78 is 5.04. The van der Waals surface area contributed by atoms with Gasteiger partial charge in [-0.25, -0.2) is 0 Å². The second-order valence-corrected chi connectivity index (χ2v) is 3.20. The molecule has 0 radical (unpaired) electrons. The molecule has 0 saturated heterocycles. The molecular formula is C11H15N3O3. The van der Waals surface area contributed by atoms with Gasteiger partial charge in [0.2, 0.25) is 0 Å². The number of ether oxygens (including phenoxy) is 1. The van der Waals surface area contributed by atoms with Gasteiger partial charge in [-0.15, -0.1) is 0 Å². The van der Waals surface area contributed by atoms with Crippen molar-refractivity contribution < 1.29 is 14.3 Å². The van der Waals surface area contributed by atoms with Crippen LogP contribution in [0, 0.1) is 0 Å². The van der Waals surface area contributed by atoms with Gasteiger partial charge in [0.1, 0.15) is 5.75 Å². The number of methoxy groups -OCH3 is 1. The number of benzene rings is 1. The molecule has 0 aliphatic carbocycles. The number of nitrogens with one attached hydrogen (secondary N) is 2. The van der Waals surface area contributed by atoms with Gasteiger partial charge in [0.25, 0.3) is 0 Å². The Kier molecular flexibility index (Phi) is 4.96. The topological polar surface area (TPSA) is 93.4 Å². The zero-order valence-corrected chi connectivity index (χ0v) is 9.53. The third-order valence-corrected chi connectivity index (χ3v) is 1.99. The molecule has 1 rings (SSSR count). The zero-order valence-electron chi connectivity index (χ0n) is 9.53. The Hall–Kier alpha value is -2.08. The molecule has 2 amide bonds. The van der Waals surface area contributed by atoms with Crippen molar-refractivity contribution in [3.63, 3.8) is 0 Å². The number of rotatable bonds is 4. The van der Waals surface area contributed by atoms with Gasteiger partial charge in [0.15, 0.2) is 0 Å². The van der Waals surface area contributed by atoms with Crippen molar-refractivity contribution in [1.29, 1.82) is 0 Å². The maximum atomic E-state index is 11.5. The molecule has 17 heavy (non-hydrogen) atoms. The molecule has 0 heterocycles. The molecule has 0 unspecified atom stereocenters. The van der Waals surface area contributed by atoms with E-state index in [1.54, 1.807) is 24.3 Å². The van der Waals surface area contributed by atoms with E-state index in [0.29, 0.717) is 11.4 Å². The van der Waals surface area contributed by atoms with Crippen LogP contribution in [0.2, 0.25) is 0 Å². The molecular weight excluding hydrogens is 222 g/mol. The van der Waals surface area contributed by atoms with E-state index < -0.39 is 11.8 Å². The first-order valence-corrected chi connectivity index (χ1v) is 5.11. The second-order valence-electron chi connectivity index (χ2n) is 3.20. The van der Waals surface area contributed by atoms with Crippen molar-refractivity contribution >= 4 is 17.5 Å². The molecule has 6 nitrogen and oxygen atoms in total. The van der Waals surface area contributed by atoms with Gasteiger partial charge in [-0.2, -0.15) is 0 Å². The summed E-state index contributed by atoms with van der Waals surface area (Å²) in [6.07, 6.45) is 0. The molecule has 92 valence electrons. The highest BCUT2D eigenvalue weighted by Gasteiger charge is 2.14. The van der Waals surface area contributed by atoms with Gasteiger partial charge < -0.3 is 21.1 Å². The highest BCUT2D eigenvalue weighted by Crippen LogP contribution is 2.22. The number of carbonyl (C=O) groups is 2. The molecule has 0 saturated carbocycles. The van der Waals surface area contributed by atoms with E-state index in [1.807, 2.05) is 0 Å². The standard InChI is InChI=1S/C11H15N3O3/c1-17-9-5-3-2-4-8(9)14-11(16)10(15)13-7-6-12/h2-5H,6-7,12H2,1H3,(H,13,15)(H,14,16). The Labute approximate surface area is 99.1 Å². The predicted octanol–water partition coefficient (Wildman–Crippen LogP) is -0.291. The summed E-state index contributed by atoms with van der Waals surface area (Å²) in [6.45, 7) is 0.547. The molecule has 0 aromatic heterocycles. The Morgan fingerprint density at radius 3 is 2.65 bits per heavy atom. The highest BCUT2D eigenvalue weighted by atomic mass is 16.5. The van der Waals surface area contributed by atoms with E-state index in [2.05, 4.69) is 10.6 Å². The average molecular weight is 237 g/mol. The van der Waals surface area contributed by atoms with Gasteiger partial charge in [0, 0.05) is 13.1 Å². The minimum Gasteiger partial charge on any atom is -0.495 e. The van der Waals surface area contributed by atoms with Crippen LogP contribution in [-0.2, 0) is 9.59 Å². The molecule has 1 aromatic rings. The first kappa shape index (κ1) is 13.0. The van der Waals surface area contributed by atoms with Crippen LogP contribution >= 0.6 is 0 Å². The fourth-order valence-electron chi connectivity index (χ4n) is 1.19. The maximum Gasteiger partial charge on any atom is 0.313 e. The molecule has 0 fully saturated rings. The zero-order chi connectivity index (χ0) is 12.7. The maximum absolute atomic E-state index is 11.5. The van der Waals surface area contributed by atoms with Crippen LogP contribution in [0.15, 0.2) is 24.3 Å². The Bertz CT molecular complexity index is 407. The third-order valence-electron chi connectivity index (χ3n) is 1.99. The van der Waals surface area contributed by atoms with Gasteiger partial charge in [-0.05, 0) is 12.1 Å². The van der Waals surface area contributed by atoms with Gasteiger partial charge >= 0.3 is 11.8 Å². The van der Waals surface area contributed by atoms with Crippen molar-refractivity contribution in [3.8, 4) is 5.75 Å². The molecule has 1 aromatic carbocycles. The second kappa shape index (κ2) is 6.49. The Morgan fingerprint density at radius 2 is 2.00 bits per heavy atom.